The number of hydrogen-bond donors (Lipinski definition) is 0. The van der Waals surface area contributed by atoms with Crippen LogP contribution in [0.2, 0.25) is 0 Å². The van der Waals surface area contributed by atoms with Crippen LogP contribution in [0.3, 0.4) is 0 Å². The van der Waals surface area contributed by atoms with E-state index < -0.39 is 0 Å². The predicted molar refractivity (Wildman–Crippen MR) is 92.5 cm³/mol. The number of imidazole rings is 1. The Bertz CT molecular complexity index is 367. The Morgan fingerprint density at radius 3 is 2.95 bits per heavy atom. The van der Waals surface area contributed by atoms with Gasteiger partial charge in [-0.05, 0) is 37.9 Å². The van der Waals surface area contributed by atoms with Gasteiger partial charge in [0.25, 0.3) is 0 Å². The average molecular weight is 313 g/mol. The van der Waals surface area contributed by atoms with Gasteiger partial charge in [-0.25, -0.2) is 4.98 Å². The molecule has 2 heterocycles. The molecule has 114 valence electrons. The van der Waals surface area contributed by atoms with E-state index in [9.17, 15) is 0 Å². The second kappa shape index (κ2) is 8.38. The number of rotatable bonds is 8. The maximum Gasteiger partial charge on any atom is 0.0945 e. The quantitative estimate of drug-likeness (QED) is 0.657. The van der Waals surface area contributed by atoms with Crippen molar-refractivity contribution < 1.29 is 0 Å². The van der Waals surface area contributed by atoms with Gasteiger partial charge in [0, 0.05) is 24.2 Å². The summed E-state index contributed by atoms with van der Waals surface area (Å²) >= 11 is 4.52. The molecule has 2 unspecified atom stereocenters. The molecule has 1 aromatic heterocycles. The third kappa shape index (κ3) is 4.73. The molecular weight excluding hydrogens is 284 g/mol. The first kappa shape index (κ1) is 16.3. The molecule has 1 aromatic rings. The van der Waals surface area contributed by atoms with Gasteiger partial charge in [0.15, 0.2) is 0 Å². The lowest BCUT2D eigenvalue weighted by molar-refractivity contribution is 0.562. The van der Waals surface area contributed by atoms with E-state index in [1.807, 2.05) is 12.5 Å². The first-order chi connectivity index (χ1) is 9.78. The first-order valence-corrected chi connectivity index (χ1v) is 9.92. The largest absolute Gasteiger partial charge is 0.337 e. The molecule has 2 atom stereocenters. The molecule has 0 aliphatic carbocycles. The Morgan fingerprint density at radius 2 is 2.25 bits per heavy atom. The zero-order valence-corrected chi connectivity index (χ0v) is 14.5. The SMILES string of the molecule is CCCCC1CCSC(CC)(CCCn2ccnc2)S1. The van der Waals surface area contributed by atoms with E-state index >= 15 is 0 Å². The molecule has 1 fully saturated rings. The fraction of sp³-hybridized carbons (Fsp3) is 0.812. The van der Waals surface area contributed by atoms with Gasteiger partial charge in [-0.1, -0.05) is 26.7 Å². The Labute approximate surface area is 132 Å². The number of hydrogen-bond acceptors (Lipinski definition) is 3. The highest BCUT2D eigenvalue weighted by Gasteiger charge is 2.35. The number of aromatic nitrogens is 2. The van der Waals surface area contributed by atoms with Crippen molar-refractivity contribution >= 4 is 23.5 Å². The zero-order valence-electron chi connectivity index (χ0n) is 12.9. The lowest BCUT2D eigenvalue weighted by atomic mass is 10.1. The van der Waals surface area contributed by atoms with Crippen LogP contribution in [0.25, 0.3) is 0 Å². The minimum atomic E-state index is 0.483. The standard InChI is InChI=1S/C16H28N2S2/c1-3-5-7-15-8-13-19-16(4-2,20-15)9-6-11-18-12-10-17-14-18/h10,12,14-15H,3-9,11,13H2,1-2H3. The van der Waals surface area contributed by atoms with Crippen LogP contribution < -0.4 is 0 Å². The summed E-state index contributed by atoms with van der Waals surface area (Å²) in [7, 11) is 0. The minimum absolute atomic E-state index is 0.483. The Hall–Kier alpha value is -0.0900. The maximum absolute atomic E-state index is 4.12. The molecule has 4 heteroatoms. The molecule has 0 spiro atoms. The monoisotopic (exact) mass is 312 g/mol. The van der Waals surface area contributed by atoms with Gasteiger partial charge in [-0.3, -0.25) is 0 Å². The van der Waals surface area contributed by atoms with Crippen molar-refractivity contribution in [2.45, 2.75) is 74.7 Å². The highest BCUT2D eigenvalue weighted by molar-refractivity contribution is 8.19. The molecule has 0 radical (unpaired) electrons. The third-order valence-corrected chi connectivity index (χ3v) is 7.97. The minimum Gasteiger partial charge on any atom is -0.337 e. The summed E-state index contributed by atoms with van der Waals surface area (Å²) in [5.74, 6) is 1.36. The first-order valence-electron chi connectivity index (χ1n) is 8.05. The molecule has 0 bridgehead atoms. The summed E-state index contributed by atoms with van der Waals surface area (Å²) in [6.45, 7) is 5.79. The van der Waals surface area contributed by atoms with Gasteiger partial charge in [-0.2, -0.15) is 0 Å². The van der Waals surface area contributed by atoms with Crippen LogP contribution in [-0.2, 0) is 6.54 Å². The van der Waals surface area contributed by atoms with Crippen LogP contribution in [0.15, 0.2) is 18.7 Å². The molecule has 1 aliphatic heterocycles. The molecule has 0 aromatic carbocycles. The van der Waals surface area contributed by atoms with Crippen molar-refractivity contribution in [3.8, 4) is 0 Å². The molecule has 1 aliphatic rings. The Balaban J connectivity index is 1.81. The van der Waals surface area contributed by atoms with Crippen molar-refractivity contribution in [2.75, 3.05) is 5.75 Å². The van der Waals surface area contributed by atoms with Crippen molar-refractivity contribution in [2.24, 2.45) is 0 Å². The summed E-state index contributed by atoms with van der Waals surface area (Å²) in [4.78, 5) is 4.12. The second-order valence-corrected chi connectivity index (χ2v) is 9.11. The van der Waals surface area contributed by atoms with Crippen LogP contribution >= 0.6 is 23.5 Å². The smallest absolute Gasteiger partial charge is 0.0945 e. The van der Waals surface area contributed by atoms with Gasteiger partial charge < -0.3 is 4.57 Å². The highest BCUT2D eigenvalue weighted by atomic mass is 32.2. The topological polar surface area (TPSA) is 17.8 Å². The van der Waals surface area contributed by atoms with Crippen LogP contribution in [-0.4, -0.2) is 24.6 Å². The van der Waals surface area contributed by atoms with E-state index in [-0.39, 0.29) is 0 Å². The predicted octanol–water partition coefficient (Wildman–Crippen LogP) is 5.20. The summed E-state index contributed by atoms with van der Waals surface area (Å²) in [5, 5.41) is 0.907. The summed E-state index contributed by atoms with van der Waals surface area (Å²) < 4.78 is 2.69. The lowest BCUT2D eigenvalue weighted by Gasteiger charge is -2.39. The Morgan fingerprint density at radius 1 is 1.35 bits per heavy atom. The Kier molecular flexibility index (Phi) is 6.82. The third-order valence-electron chi connectivity index (χ3n) is 4.14. The van der Waals surface area contributed by atoms with Crippen molar-refractivity contribution in [1.29, 1.82) is 0 Å². The molecule has 2 nitrogen and oxygen atoms in total. The van der Waals surface area contributed by atoms with Crippen LogP contribution in [0.4, 0.5) is 0 Å². The van der Waals surface area contributed by atoms with Crippen LogP contribution in [0, 0.1) is 0 Å². The maximum atomic E-state index is 4.12. The molecule has 2 rings (SSSR count). The summed E-state index contributed by atoms with van der Waals surface area (Å²) in [6.07, 6.45) is 15.4. The fourth-order valence-electron chi connectivity index (χ4n) is 2.85. The molecule has 0 amide bonds. The van der Waals surface area contributed by atoms with E-state index in [0.717, 1.165) is 11.8 Å². The average Bonchev–Trinajstić information content (AvgIpc) is 2.99. The van der Waals surface area contributed by atoms with E-state index in [1.165, 1.54) is 50.7 Å². The van der Waals surface area contributed by atoms with Crippen molar-refractivity contribution in [1.82, 2.24) is 9.55 Å². The normalized spacial score (nSPS) is 26.8. The van der Waals surface area contributed by atoms with Crippen molar-refractivity contribution in [3.05, 3.63) is 18.7 Å². The van der Waals surface area contributed by atoms with Gasteiger partial charge in [-0.15, -0.1) is 23.5 Å². The van der Waals surface area contributed by atoms with E-state index in [4.69, 9.17) is 0 Å². The van der Waals surface area contributed by atoms with Gasteiger partial charge in [0.1, 0.15) is 0 Å². The number of thioether (sulfide) groups is 2. The van der Waals surface area contributed by atoms with E-state index in [1.54, 1.807) is 0 Å². The van der Waals surface area contributed by atoms with Crippen LogP contribution in [0.1, 0.15) is 58.8 Å². The number of nitrogens with zero attached hydrogens (tertiary/aromatic N) is 2. The molecular formula is C16H28N2S2. The summed E-state index contributed by atoms with van der Waals surface area (Å²) in [6, 6.07) is 0. The summed E-state index contributed by atoms with van der Waals surface area (Å²) in [5.41, 5.74) is 0. The van der Waals surface area contributed by atoms with Gasteiger partial charge in [0.2, 0.25) is 0 Å². The van der Waals surface area contributed by atoms with Crippen molar-refractivity contribution in [3.63, 3.8) is 0 Å². The van der Waals surface area contributed by atoms with Gasteiger partial charge in [0.05, 0.1) is 10.4 Å². The molecule has 1 saturated heterocycles. The zero-order chi connectivity index (χ0) is 14.3. The van der Waals surface area contributed by atoms with E-state index in [0.29, 0.717) is 4.08 Å². The molecule has 0 saturated carbocycles. The number of unbranched alkanes of at least 4 members (excludes halogenated alkanes) is 1. The number of aryl methyl sites for hydroxylation is 1. The van der Waals surface area contributed by atoms with Crippen LogP contribution in [0.5, 0.6) is 0 Å². The van der Waals surface area contributed by atoms with Gasteiger partial charge >= 0.3 is 0 Å². The highest BCUT2D eigenvalue weighted by Crippen LogP contribution is 2.51. The second-order valence-electron chi connectivity index (χ2n) is 5.69. The molecule has 0 N–H and O–H groups in total. The molecule has 20 heavy (non-hydrogen) atoms. The lowest BCUT2D eigenvalue weighted by Crippen LogP contribution is -2.29. The fourth-order valence-corrected chi connectivity index (χ4v) is 6.75. The van der Waals surface area contributed by atoms with E-state index in [2.05, 4.69) is 53.1 Å².